The van der Waals surface area contributed by atoms with E-state index in [2.05, 4.69) is 11.4 Å². The Bertz CT molecular complexity index is 425. The standard InChI is InChI=1S/C12H15N3O/c1-8-12(4-5-16-8)15-10-2-3-11(14)9(6-10)7-13/h2-3,6,8,12,15H,4-5,14H2,1H3. The average molecular weight is 217 g/mol. The molecule has 2 unspecified atom stereocenters. The van der Waals surface area contributed by atoms with Crippen molar-refractivity contribution in [1.82, 2.24) is 0 Å². The van der Waals surface area contributed by atoms with Gasteiger partial charge in [-0.3, -0.25) is 0 Å². The zero-order valence-corrected chi connectivity index (χ0v) is 9.23. The SMILES string of the molecule is CC1OCCC1Nc1ccc(N)c(C#N)c1. The van der Waals surface area contributed by atoms with E-state index in [-0.39, 0.29) is 6.10 Å². The number of nitrogens with one attached hydrogen (secondary N) is 1. The number of benzene rings is 1. The largest absolute Gasteiger partial charge is 0.398 e. The molecule has 0 spiro atoms. The zero-order valence-electron chi connectivity index (χ0n) is 9.23. The highest BCUT2D eigenvalue weighted by Crippen LogP contribution is 2.21. The van der Waals surface area contributed by atoms with E-state index in [0.717, 1.165) is 18.7 Å². The van der Waals surface area contributed by atoms with Gasteiger partial charge in [-0.25, -0.2) is 0 Å². The third-order valence-corrected chi connectivity index (χ3v) is 2.90. The highest BCUT2D eigenvalue weighted by Gasteiger charge is 2.23. The molecule has 1 aromatic carbocycles. The summed E-state index contributed by atoms with van der Waals surface area (Å²) in [6.07, 6.45) is 1.20. The van der Waals surface area contributed by atoms with Crippen molar-refractivity contribution in [3.8, 4) is 6.07 Å². The Hall–Kier alpha value is -1.73. The van der Waals surface area contributed by atoms with Crippen LogP contribution in [0.5, 0.6) is 0 Å². The van der Waals surface area contributed by atoms with Gasteiger partial charge in [0.2, 0.25) is 0 Å². The molecule has 1 saturated heterocycles. The lowest BCUT2D eigenvalue weighted by molar-refractivity contribution is 0.121. The normalized spacial score (nSPS) is 24.0. The van der Waals surface area contributed by atoms with Gasteiger partial charge in [0, 0.05) is 18.0 Å². The van der Waals surface area contributed by atoms with E-state index in [9.17, 15) is 0 Å². The average Bonchev–Trinajstić information content (AvgIpc) is 2.67. The first-order chi connectivity index (χ1) is 7.70. The first-order valence-electron chi connectivity index (χ1n) is 5.38. The van der Waals surface area contributed by atoms with E-state index in [1.165, 1.54) is 0 Å². The number of ether oxygens (including phenoxy) is 1. The molecule has 0 saturated carbocycles. The van der Waals surface area contributed by atoms with Gasteiger partial charge in [-0.2, -0.15) is 5.26 Å². The summed E-state index contributed by atoms with van der Waals surface area (Å²) in [7, 11) is 0. The van der Waals surface area contributed by atoms with E-state index in [4.69, 9.17) is 15.7 Å². The van der Waals surface area contributed by atoms with Crippen LogP contribution in [0.25, 0.3) is 0 Å². The van der Waals surface area contributed by atoms with Gasteiger partial charge in [-0.1, -0.05) is 0 Å². The lowest BCUT2D eigenvalue weighted by Gasteiger charge is -2.17. The zero-order chi connectivity index (χ0) is 11.5. The summed E-state index contributed by atoms with van der Waals surface area (Å²) in [6.45, 7) is 2.84. The van der Waals surface area contributed by atoms with Crippen LogP contribution >= 0.6 is 0 Å². The predicted molar refractivity (Wildman–Crippen MR) is 63.0 cm³/mol. The molecule has 0 bridgehead atoms. The number of nitrogens with two attached hydrogens (primary N) is 1. The fourth-order valence-corrected chi connectivity index (χ4v) is 1.88. The van der Waals surface area contributed by atoms with Crippen molar-refractivity contribution in [3.63, 3.8) is 0 Å². The molecule has 0 aromatic heterocycles. The molecule has 2 rings (SSSR count). The summed E-state index contributed by atoms with van der Waals surface area (Å²) in [5.74, 6) is 0. The quantitative estimate of drug-likeness (QED) is 0.740. The van der Waals surface area contributed by atoms with E-state index >= 15 is 0 Å². The molecule has 0 aliphatic carbocycles. The Kier molecular flexibility index (Phi) is 2.97. The van der Waals surface area contributed by atoms with Gasteiger partial charge >= 0.3 is 0 Å². The predicted octanol–water partition coefficient (Wildman–Crippen LogP) is 1.73. The van der Waals surface area contributed by atoms with Gasteiger partial charge in [-0.05, 0) is 31.5 Å². The molecule has 4 nitrogen and oxygen atoms in total. The van der Waals surface area contributed by atoms with Crippen LogP contribution in [0.3, 0.4) is 0 Å². The highest BCUT2D eigenvalue weighted by atomic mass is 16.5. The molecule has 0 radical (unpaired) electrons. The van der Waals surface area contributed by atoms with Crippen LogP contribution < -0.4 is 11.1 Å². The number of nitriles is 1. The molecule has 84 valence electrons. The maximum absolute atomic E-state index is 8.87. The lowest BCUT2D eigenvalue weighted by atomic mass is 10.1. The molecule has 16 heavy (non-hydrogen) atoms. The fraction of sp³-hybridized carbons (Fsp3) is 0.417. The number of hydrogen-bond acceptors (Lipinski definition) is 4. The third-order valence-electron chi connectivity index (χ3n) is 2.90. The molecule has 2 atom stereocenters. The topological polar surface area (TPSA) is 71.1 Å². The second-order valence-electron chi connectivity index (χ2n) is 4.03. The Morgan fingerprint density at radius 1 is 1.56 bits per heavy atom. The fourth-order valence-electron chi connectivity index (χ4n) is 1.88. The molecule has 1 fully saturated rings. The van der Waals surface area contributed by atoms with Gasteiger partial charge in [0.05, 0.1) is 17.7 Å². The van der Waals surface area contributed by atoms with Crippen molar-refractivity contribution in [2.45, 2.75) is 25.5 Å². The lowest BCUT2D eigenvalue weighted by Crippen LogP contribution is -2.26. The summed E-state index contributed by atoms with van der Waals surface area (Å²) in [5.41, 5.74) is 7.61. The highest BCUT2D eigenvalue weighted by molar-refractivity contribution is 5.62. The molecule has 1 aromatic rings. The summed E-state index contributed by atoms with van der Waals surface area (Å²) < 4.78 is 5.47. The van der Waals surface area contributed by atoms with Crippen molar-refractivity contribution in [1.29, 1.82) is 5.26 Å². The third kappa shape index (κ3) is 2.10. The number of anilines is 2. The van der Waals surface area contributed by atoms with Crippen LogP contribution in [0.4, 0.5) is 11.4 Å². The second-order valence-corrected chi connectivity index (χ2v) is 4.03. The van der Waals surface area contributed by atoms with Crippen molar-refractivity contribution < 1.29 is 4.74 Å². The number of nitrogen functional groups attached to an aromatic ring is 1. The van der Waals surface area contributed by atoms with Crippen LogP contribution in [0.2, 0.25) is 0 Å². The minimum Gasteiger partial charge on any atom is -0.398 e. The van der Waals surface area contributed by atoms with Crippen molar-refractivity contribution >= 4 is 11.4 Å². The molecular formula is C12H15N3O. The monoisotopic (exact) mass is 217 g/mol. The molecule has 3 N–H and O–H groups in total. The van der Waals surface area contributed by atoms with E-state index in [1.807, 2.05) is 13.0 Å². The minimum absolute atomic E-state index is 0.211. The minimum atomic E-state index is 0.211. The van der Waals surface area contributed by atoms with Gasteiger partial charge in [-0.15, -0.1) is 0 Å². The van der Waals surface area contributed by atoms with E-state index in [1.54, 1.807) is 12.1 Å². The van der Waals surface area contributed by atoms with Gasteiger partial charge in [0.25, 0.3) is 0 Å². The van der Waals surface area contributed by atoms with Crippen molar-refractivity contribution in [2.75, 3.05) is 17.7 Å². The number of nitrogens with zero attached hydrogens (tertiary/aromatic N) is 1. The van der Waals surface area contributed by atoms with Gasteiger partial charge in [0.15, 0.2) is 0 Å². The molecule has 1 aliphatic rings. The number of hydrogen-bond donors (Lipinski definition) is 2. The molecule has 0 amide bonds. The number of rotatable bonds is 2. The maximum Gasteiger partial charge on any atom is 0.101 e. The summed E-state index contributed by atoms with van der Waals surface area (Å²) in [4.78, 5) is 0. The van der Waals surface area contributed by atoms with Crippen molar-refractivity contribution in [2.24, 2.45) is 0 Å². The summed E-state index contributed by atoms with van der Waals surface area (Å²) in [6, 6.07) is 7.81. The molecule has 1 aliphatic heterocycles. The van der Waals surface area contributed by atoms with Crippen LogP contribution in [-0.2, 0) is 4.74 Å². The van der Waals surface area contributed by atoms with Crippen LogP contribution in [0.15, 0.2) is 18.2 Å². The summed E-state index contributed by atoms with van der Waals surface area (Å²) >= 11 is 0. The smallest absolute Gasteiger partial charge is 0.101 e. The van der Waals surface area contributed by atoms with Gasteiger partial charge in [0.1, 0.15) is 6.07 Å². The Morgan fingerprint density at radius 3 is 3.00 bits per heavy atom. The van der Waals surface area contributed by atoms with Crippen LogP contribution in [0, 0.1) is 11.3 Å². The van der Waals surface area contributed by atoms with Crippen molar-refractivity contribution in [3.05, 3.63) is 23.8 Å². The maximum atomic E-state index is 8.87. The molecule has 1 heterocycles. The first-order valence-corrected chi connectivity index (χ1v) is 5.38. The second kappa shape index (κ2) is 4.42. The Labute approximate surface area is 95.0 Å². The van der Waals surface area contributed by atoms with E-state index in [0.29, 0.717) is 17.3 Å². The Morgan fingerprint density at radius 2 is 2.38 bits per heavy atom. The summed E-state index contributed by atoms with van der Waals surface area (Å²) in [5, 5.41) is 12.2. The Balaban J connectivity index is 2.13. The van der Waals surface area contributed by atoms with Crippen LogP contribution in [-0.4, -0.2) is 18.8 Å². The van der Waals surface area contributed by atoms with Gasteiger partial charge < -0.3 is 15.8 Å². The first kappa shape index (κ1) is 10.8. The van der Waals surface area contributed by atoms with E-state index < -0.39 is 0 Å². The van der Waals surface area contributed by atoms with Crippen LogP contribution in [0.1, 0.15) is 18.9 Å². The molecule has 4 heteroatoms. The molecular weight excluding hydrogens is 202 g/mol.